The fourth-order valence-corrected chi connectivity index (χ4v) is 12.0. The first-order chi connectivity index (χ1) is 30.8. The Bertz CT molecular complexity index is 2940. The van der Waals surface area contributed by atoms with E-state index in [-0.39, 0.29) is 5.41 Å². The third-order valence-electron chi connectivity index (χ3n) is 13.0. The standard InChI is InChI=1S/C59H52N2S2/c1-6-7-8-17-46-39-62-56-21-12-9-18-53(56)60(46)42(5)24-30-47(40(2)3)48-31-27-43(36-41(48)4)25-26-44-28-32-49-50-33-29-45(38-52(50)59(51(49)37-44)34-15-16-35-59)61-54-19-10-13-22-57(54)63-58-23-14-11-20-55(58)61/h6-14,17-33,36-39H,5,15-16,34-35H2,1-4H3/b7-6-,17-8-,26-25+,30-24-. The van der Waals surface area contributed by atoms with Crippen molar-refractivity contribution in [1.29, 1.82) is 0 Å². The molecule has 0 amide bonds. The maximum atomic E-state index is 4.57. The van der Waals surface area contributed by atoms with Gasteiger partial charge in [0.15, 0.2) is 0 Å². The van der Waals surface area contributed by atoms with Crippen molar-refractivity contribution < 1.29 is 0 Å². The topological polar surface area (TPSA) is 6.48 Å². The number of para-hydroxylation sites is 3. The lowest BCUT2D eigenvalue weighted by atomic mass is 9.76. The molecule has 6 aromatic rings. The number of thioether (sulfide) groups is 1. The van der Waals surface area contributed by atoms with E-state index in [1.807, 2.05) is 24.8 Å². The molecule has 10 rings (SSSR count). The van der Waals surface area contributed by atoms with Crippen molar-refractivity contribution in [2.75, 3.05) is 9.80 Å². The molecular formula is C59H52N2S2. The van der Waals surface area contributed by atoms with Gasteiger partial charge in [0.05, 0.1) is 22.8 Å². The molecule has 4 aliphatic rings. The van der Waals surface area contributed by atoms with Crippen LogP contribution in [-0.2, 0) is 5.41 Å². The summed E-state index contributed by atoms with van der Waals surface area (Å²) in [4.78, 5) is 8.55. The van der Waals surface area contributed by atoms with Crippen LogP contribution in [0, 0.1) is 6.92 Å². The molecule has 0 unspecified atom stereocenters. The van der Waals surface area contributed by atoms with Gasteiger partial charge in [-0.05, 0) is 151 Å². The molecule has 4 heteroatoms. The molecule has 0 atom stereocenters. The largest absolute Gasteiger partial charge is 0.309 e. The zero-order chi connectivity index (χ0) is 43.1. The van der Waals surface area contributed by atoms with Crippen LogP contribution in [0.1, 0.15) is 79.8 Å². The van der Waals surface area contributed by atoms with E-state index in [0.29, 0.717) is 0 Å². The van der Waals surface area contributed by atoms with Crippen LogP contribution in [0.25, 0.3) is 28.9 Å². The Hall–Kier alpha value is -6.20. The van der Waals surface area contributed by atoms with E-state index in [0.717, 1.165) is 17.1 Å². The molecule has 0 saturated heterocycles. The summed E-state index contributed by atoms with van der Waals surface area (Å²) in [6, 6.07) is 47.5. The Morgan fingerprint density at radius 1 is 0.651 bits per heavy atom. The number of hydrogen-bond acceptors (Lipinski definition) is 4. The summed E-state index contributed by atoms with van der Waals surface area (Å²) >= 11 is 3.62. The van der Waals surface area contributed by atoms with Crippen molar-refractivity contribution in [1.82, 2.24) is 0 Å². The van der Waals surface area contributed by atoms with Crippen LogP contribution in [0.5, 0.6) is 0 Å². The average Bonchev–Trinajstić information content (AvgIpc) is 3.91. The highest BCUT2D eigenvalue weighted by molar-refractivity contribution is 8.02. The summed E-state index contributed by atoms with van der Waals surface area (Å²) in [5.41, 5.74) is 20.2. The predicted octanol–water partition coefficient (Wildman–Crippen LogP) is 17.4. The minimum atomic E-state index is 0.0448. The van der Waals surface area contributed by atoms with Crippen LogP contribution in [-0.4, -0.2) is 0 Å². The van der Waals surface area contributed by atoms with Crippen LogP contribution in [0.4, 0.5) is 22.7 Å². The van der Waals surface area contributed by atoms with Gasteiger partial charge in [-0.15, -0.1) is 0 Å². The molecule has 1 spiro atoms. The molecular weight excluding hydrogens is 801 g/mol. The molecule has 1 fully saturated rings. The molecule has 0 aromatic heterocycles. The van der Waals surface area contributed by atoms with Gasteiger partial charge in [-0.2, -0.15) is 0 Å². The minimum Gasteiger partial charge on any atom is -0.309 e. The lowest BCUT2D eigenvalue weighted by Gasteiger charge is -2.34. The van der Waals surface area contributed by atoms with Gasteiger partial charge in [-0.1, -0.05) is 164 Å². The van der Waals surface area contributed by atoms with Gasteiger partial charge in [0.2, 0.25) is 0 Å². The molecule has 2 aliphatic heterocycles. The van der Waals surface area contributed by atoms with E-state index >= 15 is 0 Å². The van der Waals surface area contributed by atoms with Crippen molar-refractivity contribution in [2.24, 2.45) is 0 Å². The maximum absolute atomic E-state index is 4.57. The fourth-order valence-electron chi connectivity index (χ4n) is 10.1. The van der Waals surface area contributed by atoms with Gasteiger partial charge in [-0.25, -0.2) is 0 Å². The first-order valence-corrected chi connectivity index (χ1v) is 23.9. The van der Waals surface area contributed by atoms with Gasteiger partial charge >= 0.3 is 0 Å². The Morgan fingerprint density at radius 2 is 1.27 bits per heavy atom. The molecule has 63 heavy (non-hydrogen) atoms. The molecule has 0 bridgehead atoms. The number of allylic oxidation sites excluding steroid dienone is 8. The quantitative estimate of drug-likeness (QED) is 0.105. The van der Waals surface area contributed by atoms with Gasteiger partial charge in [0, 0.05) is 36.9 Å². The number of fused-ring (bicyclic) bond motifs is 8. The normalized spacial score (nSPS) is 15.8. The Kier molecular flexibility index (Phi) is 11.1. The zero-order valence-electron chi connectivity index (χ0n) is 36.6. The highest BCUT2D eigenvalue weighted by Crippen LogP contribution is 2.59. The van der Waals surface area contributed by atoms with Crippen LogP contribution >= 0.6 is 23.5 Å². The van der Waals surface area contributed by atoms with Crippen molar-refractivity contribution >= 4 is 64.0 Å². The van der Waals surface area contributed by atoms with Crippen LogP contribution < -0.4 is 9.80 Å². The third-order valence-corrected chi connectivity index (χ3v) is 15.1. The first-order valence-electron chi connectivity index (χ1n) is 22.2. The number of nitrogens with zero attached hydrogens (tertiary/aromatic N) is 2. The van der Waals surface area contributed by atoms with Gasteiger partial charge < -0.3 is 9.80 Å². The van der Waals surface area contributed by atoms with Crippen molar-refractivity contribution in [3.63, 3.8) is 0 Å². The lowest BCUT2D eigenvalue weighted by Crippen LogP contribution is -2.21. The summed E-state index contributed by atoms with van der Waals surface area (Å²) in [6.45, 7) is 13.2. The monoisotopic (exact) mass is 852 g/mol. The number of anilines is 4. The average molecular weight is 853 g/mol. The molecule has 0 N–H and O–H groups in total. The van der Waals surface area contributed by atoms with Crippen LogP contribution in [0.2, 0.25) is 0 Å². The molecule has 2 heterocycles. The highest BCUT2D eigenvalue weighted by atomic mass is 32.2. The smallest absolute Gasteiger partial charge is 0.0601 e. The number of rotatable bonds is 9. The third kappa shape index (κ3) is 7.49. The van der Waals surface area contributed by atoms with Gasteiger partial charge in [0.1, 0.15) is 0 Å². The van der Waals surface area contributed by atoms with E-state index in [2.05, 4.69) is 212 Å². The van der Waals surface area contributed by atoms with Crippen LogP contribution in [0.15, 0.2) is 207 Å². The van der Waals surface area contributed by atoms with E-state index in [1.54, 1.807) is 11.8 Å². The molecule has 2 aliphatic carbocycles. The van der Waals surface area contributed by atoms with Crippen LogP contribution in [0.3, 0.4) is 0 Å². The first kappa shape index (κ1) is 40.8. The number of benzene rings is 6. The predicted molar refractivity (Wildman–Crippen MR) is 273 cm³/mol. The van der Waals surface area contributed by atoms with Gasteiger partial charge in [0.25, 0.3) is 0 Å². The van der Waals surface area contributed by atoms with Crippen molar-refractivity contribution in [2.45, 2.75) is 73.5 Å². The summed E-state index contributed by atoms with van der Waals surface area (Å²) in [5, 5.41) is 2.21. The summed E-state index contributed by atoms with van der Waals surface area (Å²) in [6.07, 6.45) is 22.2. The second kappa shape index (κ2) is 17.2. The Labute approximate surface area is 382 Å². The van der Waals surface area contributed by atoms with Gasteiger partial charge in [-0.3, -0.25) is 0 Å². The second-order valence-corrected chi connectivity index (χ2v) is 19.2. The minimum absolute atomic E-state index is 0.0448. The van der Waals surface area contributed by atoms with Crippen molar-refractivity contribution in [3.05, 3.63) is 226 Å². The number of aryl methyl sites for hydroxylation is 1. The molecule has 1 saturated carbocycles. The lowest BCUT2D eigenvalue weighted by molar-refractivity contribution is 0.550. The summed E-state index contributed by atoms with van der Waals surface area (Å²) < 4.78 is 0. The summed E-state index contributed by atoms with van der Waals surface area (Å²) in [7, 11) is 0. The second-order valence-electron chi connectivity index (χ2n) is 17.2. The number of hydrogen-bond donors (Lipinski definition) is 0. The molecule has 2 nitrogen and oxygen atoms in total. The summed E-state index contributed by atoms with van der Waals surface area (Å²) in [5.74, 6) is 0. The van der Waals surface area contributed by atoms with E-state index in [1.165, 1.54) is 113 Å². The highest BCUT2D eigenvalue weighted by Gasteiger charge is 2.45. The maximum Gasteiger partial charge on any atom is 0.0601 e. The zero-order valence-corrected chi connectivity index (χ0v) is 38.2. The van der Waals surface area contributed by atoms with E-state index in [4.69, 9.17) is 0 Å². The molecule has 0 radical (unpaired) electrons. The Morgan fingerprint density at radius 3 is 1.95 bits per heavy atom. The van der Waals surface area contributed by atoms with E-state index < -0.39 is 0 Å². The Balaban J connectivity index is 0.912. The molecule has 6 aromatic carbocycles. The van der Waals surface area contributed by atoms with E-state index in [9.17, 15) is 0 Å². The fraction of sp³-hybridized carbons (Fsp3) is 0.153. The molecule has 310 valence electrons. The van der Waals surface area contributed by atoms with Crippen molar-refractivity contribution in [3.8, 4) is 11.1 Å². The SMILES string of the molecule is C=C(/C=C\C(=C(C)C)c1ccc(/C=C/c2ccc3c(c2)C2(CCCC2)c2cc(N4c5ccccc5Sc5ccccc54)ccc2-3)cc1C)N1C(/C=C\C=C/C)=CSc2ccccc21.